The van der Waals surface area contributed by atoms with Crippen LogP contribution in [0, 0.1) is 0 Å². The third kappa shape index (κ3) is 3.39. The van der Waals surface area contributed by atoms with Gasteiger partial charge in [-0.25, -0.2) is 4.79 Å². The van der Waals surface area contributed by atoms with Crippen molar-refractivity contribution in [3.8, 4) is 0 Å². The first-order valence-corrected chi connectivity index (χ1v) is 6.92. The summed E-state index contributed by atoms with van der Waals surface area (Å²) in [5.74, 6) is -1.85. The van der Waals surface area contributed by atoms with Crippen molar-refractivity contribution in [3.63, 3.8) is 0 Å². The van der Waals surface area contributed by atoms with Crippen LogP contribution < -0.4 is 5.32 Å². The number of hydrogen-bond acceptors (Lipinski definition) is 3. The number of aromatic carboxylic acids is 1. The third-order valence-corrected chi connectivity index (χ3v) is 3.54. The first-order chi connectivity index (χ1) is 10.0. The van der Waals surface area contributed by atoms with E-state index >= 15 is 0 Å². The van der Waals surface area contributed by atoms with Gasteiger partial charge in [0.25, 0.3) is 5.91 Å². The summed E-state index contributed by atoms with van der Waals surface area (Å²) in [6.45, 7) is 3.04. The molecule has 6 nitrogen and oxygen atoms in total. The summed E-state index contributed by atoms with van der Waals surface area (Å²) in [7, 11) is 0. The van der Waals surface area contributed by atoms with Gasteiger partial charge in [0.1, 0.15) is 6.04 Å². The Morgan fingerprint density at radius 3 is 2.29 bits per heavy atom. The van der Waals surface area contributed by atoms with Crippen LogP contribution in [0.4, 0.5) is 0 Å². The second-order valence-electron chi connectivity index (χ2n) is 5.08. The van der Waals surface area contributed by atoms with E-state index in [2.05, 4.69) is 5.32 Å². The van der Waals surface area contributed by atoms with Crippen molar-refractivity contribution in [2.75, 3.05) is 13.1 Å². The lowest BCUT2D eigenvalue weighted by Gasteiger charge is -2.21. The van der Waals surface area contributed by atoms with Crippen molar-refractivity contribution < 1.29 is 19.5 Å². The molecule has 2 N–H and O–H groups in total. The van der Waals surface area contributed by atoms with Crippen LogP contribution in [0.3, 0.4) is 0 Å². The van der Waals surface area contributed by atoms with Crippen LogP contribution in [-0.4, -0.2) is 46.9 Å². The molecule has 0 aliphatic carbocycles. The first-order valence-electron chi connectivity index (χ1n) is 6.92. The van der Waals surface area contributed by atoms with Crippen LogP contribution in [0.2, 0.25) is 0 Å². The molecule has 1 aliphatic rings. The predicted octanol–water partition coefficient (Wildman–Crippen LogP) is 1.13. The van der Waals surface area contributed by atoms with Gasteiger partial charge in [0.15, 0.2) is 0 Å². The standard InChI is InChI=1S/C15H18N2O4/c1-10(14(19)17-8-4-5-9-17)16-13(18)11-6-2-3-7-12(11)15(20)21/h2-3,6-7,10H,4-5,8-9H2,1H3,(H,16,18)(H,20,21). The molecule has 1 saturated heterocycles. The fourth-order valence-electron chi connectivity index (χ4n) is 2.42. The number of amides is 2. The maximum absolute atomic E-state index is 12.2. The van der Waals surface area contributed by atoms with Crippen molar-refractivity contribution in [3.05, 3.63) is 35.4 Å². The molecule has 0 aromatic heterocycles. The molecule has 1 atom stereocenters. The Bertz CT molecular complexity index is 565. The Morgan fingerprint density at radius 1 is 1.14 bits per heavy atom. The van der Waals surface area contributed by atoms with Crippen molar-refractivity contribution >= 4 is 17.8 Å². The molecule has 1 aromatic rings. The number of carboxylic acids is 1. The van der Waals surface area contributed by atoms with Gasteiger partial charge in [0, 0.05) is 13.1 Å². The summed E-state index contributed by atoms with van der Waals surface area (Å²) in [5.41, 5.74) is -0.0121. The number of rotatable bonds is 4. The van der Waals surface area contributed by atoms with E-state index in [0.29, 0.717) is 13.1 Å². The summed E-state index contributed by atoms with van der Waals surface area (Å²) in [6, 6.07) is 5.28. The highest BCUT2D eigenvalue weighted by Gasteiger charge is 2.25. The van der Waals surface area contributed by atoms with E-state index in [4.69, 9.17) is 5.11 Å². The average molecular weight is 290 g/mol. The summed E-state index contributed by atoms with van der Waals surface area (Å²) in [4.78, 5) is 37.1. The molecule has 0 radical (unpaired) electrons. The molecular weight excluding hydrogens is 272 g/mol. The van der Waals surface area contributed by atoms with Crippen molar-refractivity contribution in [1.29, 1.82) is 0 Å². The van der Waals surface area contributed by atoms with E-state index < -0.39 is 17.9 Å². The second kappa shape index (κ2) is 6.39. The molecule has 1 aromatic carbocycles. The van der Waals surface area contributed by atoms with Crippen LogP contribution >= 0.6 is 0 Å². The van der Waals surface area contributed by atoms with Gasteiger partial charge in [-0.05, 0) is 31.9 Å². The fraction of sp³-hybridized carbons (Fsp3) is 0.400. The van der Waals surface area contributed by atoms with Crippen molar-refractivity contribution in [2.24, 2.45) is 0 Å². The lowest BCUT2D eigenvalue weighted by molar-refractivity contribution is -0.131. The van der Waals surface area contributed by atoms with Gasteiger partial charge >= 0.3 is 5.97 Å². The normalized spacial score (nSPS) is 15.6. The molecule has 1 fully saturated rings. The zero-order chi connectivity index (χ0) is 15.4. The topological polar surface area (TPSA) is 86.7 Å². The minimum absolute atomic E-state index is 0.0612. The van der Waals surface area contributed by atoms with Gasteiger partial charge in [-0.15, -0.1) is 0 Å². The quantitative estimate of drug-likeness (QED) is 0.870. The van der Waals surface area contributed by atoms with E-state index in [1.807, 2.05) is 0 Å². The third-order valence-electron chi connectivity index (χ3n) is 3.54. The monoisotopic (exact) mass is 290 g/mol. The minimum atomic E-state index is -1.17. The molecule has 0 spiro atoms. The van der Waals surface area contributed by atoms with Crippen LogP contribution in [0.15, 0.2) is 24.3 Å². The Hall–Kier alpha value is -2.37. The maximum atomic E-state index is 12.2. The lowest BCUT2D eigenvalue weighted by atomic mass is 10.1. The molecule has 21 heavy (non-hydrogen) atoms. The van der Waals surface area contributed by atoms with E-state index in [0.717, 1.165) is 12.8 Å². The Kier molecular flexibility index (Phi) is 4.57. The molecular formula is C15H18N2O4. The van der Waals surface area contributed by atoms with E-state index in [1.54, 1.807) is 24.0 Å². The lowest BCUT2D eigenvalue weighted by Crippen LogP contribution is -2.46. The Labute approximate surface area is 122 Å². The van der Waals surface area contributed by atoms with Gasteiger partial charge in [-0.1, -0.05) is 12.1 Å². The second-order valence-corrected chi connectivity index (χ2v) is 5.08. The van der Waals surface area contributed by atoms with Gasteiger partial charge in [0.2, 0.25) is 5.91 Å². The zero-order valence-electron chi connectivity index (χ0n) is 11.8. The molecule has 1 unspecified atom stereocenters. The van der Waals surface area contributed by atoms with Crippen LogP contribution in [0.5, 0.6) is 0 Å². The van der Waals surface area contributed by atoms with Crippen LogP contribution in [0.25, 0.3) is 0 Å². The van der Waals surface area contributed by atoms with Gasteiger partial charge in [0.05, 0.1) is 11.1 Å². The van der Waals surface area contributed by atoms with Crippen LogP contribution in [-0.2, 0) is 4.79 Å². The first kappa shape index (κ1) is 15.0. The molecule has 1 aliphatic heterocycles. The molecule has 1 heterocycles. The number of nitrogens with one attached hydrogen (secondary N) is 1. The highest BCUT2D eigenvalue weighted by Crippen LogP contribution is 2.11. The van der Waals surface area contributed by atoms with E-state index in [-0.39, 0.29) is 17.0 Å². The average Bonchev–Trinajstić information content (AvgIpc) is 3.00. The highest BCUT2D eigenvalue weighted by molar-refractivity contribution is 6.05. The van der Waals surface area contributed by atoms with E-state index in [1.165, 1.54) is 12.1 Å². The number of carbonyl (C=O) groups is 3. The smallest absolute Gasteiger partial charge is 0.336 e. The molecule has 6 heteroatoms. The molecule has 0 bridgehead atoms. The molecule has 2 amide bonds. The summed E-state index contributed by atoms with van der Waals surface area (Å²) >= 11 is 0. The van der Waals surface area contributed by atoms with Gasteiger partial charge in [-0.2, -0.15) is 0 Å². The maximum Gasteiger partial charge on any atom is 0.336 e. The molecule has 0 saturated carbocycles. The Balaban J connectivity index is 2.07. The minimum Gasteiger partial charge on any atom is -0.478 e. The number of carboxylic acid groups (broad SMARTS) is 1. The summed E-state index contributed by atoms with van der Waals surface area (Å²) in [5, 5.41) is 11.6. The van der Waals surface area contributed by atoms with E-state index in [9.17, 15) is 14.4 Å². The number of likely N-dealkylation sites (tertiary alicyclic amines) is 1. The highest BCUT2D eigenvalue weighted by atomic mass is 16.4. The van der Waals surface area contributed by atoms with Crippen LogP contribution in [0.1, 0.15) is 40.5 Å². The van der Waals surface area contributed by atoms with Crippen molar-refractivity contribution in [2.45, 2.75) is 25.8 Å². The fourth-order valence-corrected chi connectivity index (χ4v) is 2.42. The summed E-state index contributed by atoms with van der Waals surface area (Å²) < 4.78 is 0. The SMILES string of the molecule is CC(NC(=O)c1ccccc1C(=O)O)C(=O)N1CCCC1. The zero-order valence-corrected chi connectivity index (χ0v) is 11.8. The number of hydrogen-bond donors (Lipinski definition) is 2. The predicted molar refractivity (Wildman–Crippen MR) is 76.1 cm³/mol. The van der Waals surface area contributed by atoms with Gasteiger partial charge < -0.3 is 15.3 Å². The summed E-state index contributed by atoms with van der Waals surface area (Å²) in [6.07, 6.45) is 1.96. The number of benzene rings is 1. The Morgan fingerprint density at radius 2 is 1.71 bits per heavy atom. The van der Waals surface area contributed by atoms with Crippen molar-refractivity contribution in [1.82, 2.24) is 10.2 Å². The van der Waals surface area contributed by atoms with Gasteiger partial charge in [-0.3, -0.25) is 9.59 Å². The molecule has 2 rings (SSSR count). The molecule has 112 valence electrons. The largest absolute Gasteiger partial charge is 0.478 e. The number of nitrogens with zero attached hydrogens (tertiary/aromatic N) is 1. The number of carbonyl (C=O) groups excluding carboxylic acids is 2.